The molecular weight excluding hydrogens is 276 g/mol. The summed E-state index contributed by atoms with van der Waals surface area (Å²) in [5.41, 5.74) is 1.48. The Balaban J connectivity index is 1.86. The molecule has 0 radical (unpaired) electrons. The van der Waals surface area contributed by atoms with Crippen LogP contribution in [0.1, 0.15) is 24.4 Å². The van der Waals surface area contributed by atoms with Gasteiger partial charge in [0, 0.05) is 36.7 Å². The Kier molecular flexibility index (Phi) is 3.50. The Morgan fingerprint density at radius 1 is 1.18 bits per heavy atom. The number of halogens is 1. The molecule has 17 heavy (non-hydrogen) atoms. The monoisotopic (exact) mass is 294 g/mol. The Morgan fingerprint density at radius 3 is 2.53 bits per heavy atom. The molecular formula is C14H19BrN2. The molecule has 0 amide bonds. The maximum atomic E-state index is 3.72. The van der Waals surface area contributed by atoms with Crippen molar-refractivity contribution < 1.29 is 0 Å². The topological polar surface area (TPSA) is 15.3 Å². The van der Waals surface area contributed by atoms with Gasteiger partial charge in [0.1, 0.15) is 0 Å². The first-order valence-electron chi connectivity index (χ1n) is 6.55. The molecule has 1 aromatic carbocycles. The summed E-state index contributed by atoms with van der Waals surface area (Å²) in [7, 11) is 0. The van der Waals surface area contributed by atoms with Gasteiger partial charge in [0.05, 0.1) is 0 Å². The van der Waals surface area contributed by atoms with Gasteiger partial charge in [-0.15, -0.1) is 0 Å². The molecule has 1 saturated heterocycles. The fourth-order valence-electron chi connectivity index (χ4n) is 2.84. The summed E-state index contributed by atoms with van der Waals surface area (Å²) in [6.07, 6.45) is 2.80. The standard InChI is InChI=1S/C14H19BrN2/c15-13-4-2-1-3-12(13)14(11-5-6-11)17-9-7-16-8-10-17/h1-4,11,14,16H,5-10H2/t14-/m0/s1. The first-order chi connectivity index (χ1) is 8.36. The average Bonchev–Trinajstić information content (AvgIpc) is 3.18. The molecule has 3 rings (SSSR count). The van der Waals surface area contributed by atoms with Crippen LogP contribution in [0.3, 0.4) is 0 Å². The van der Waals surface area contributed by atoms with Crippen molar-refractivity contribution in [3.05, 3.63) is 34.3 Å². The van der Waals surface area contributed by atoms with Gasteiger partial charge in [-0.25, -0.2) is 0 Å². The van der Waals surface area contributed by atoms with Crippen LogP contribution in [-0.2, 0) is 0 Å². The van der Waals surface area contributed by atoms with Gasteiger partial charge >= 0.3 is 0 Å². The summed E-state index contributed by atoms with van der Waals surface area (Å²) >= 11 is 3.72. The number of nitrogens with zero attached hydrogens (tertiary/aromatic N) is 1. The molecule has 0 spiro atoms. The van der Waals surface area contributed by atoms with E-state index in [0.717, 1.165) is 19.0 Å². The van der Waals surface area contributed by atoms with Gasteiger partial charge in [0.2, 0.25) is 0 Å². The van der Waals surface area contributed by atoms with Crippen LogP contribution in [0.2, 0.25) is 0 Å². The summed E-state index contributed by atoms with van der Waals surface area (Å²) in [6.45, 7) is 4.63. The van der Waals surface area contributed by atoms with E-state index in [4.69, 9.17) is 0 Å². The lowest BCUT2D eigenvalue weighted by atomic mass is 10.00. The Bertz CT molecular complexity index is 384. The van der Waals surface area contributed by atoms with Gasteiger partial charge in [-0.3, -0.25) is 4.90 Å². The third kappa shape index (κ3) is 2.56. The number of hydrogen-bond acceptors (Lipinski definition) is 2. The first kappa shape index (κ1) is 11.7. The van der Waals surface area contributed by atoms with Crippen molar-refractivity contribution in [1.29, 1.82) is 0 Å². The zero-order valence-corrected chi connectivity index (χ0v) is 11.6. The summed E-state index contributed by atoms with van der Waals surface area (Å²) in [6, 6.07) is 9.36. The number of benzene rings is 1. The minimum Gasteiger partial charge on any atom is -0.314 e. The Morgan fingerprint density at radius 2 is 1.88 bits per heavy atom. The van der Waals surface area contributed by atoms with Crippen molar-refractivity contribution >= 4 is 15.9 Å². The van der Waals surface area contributed by atoms with Crippen LogP contribution < -0.4 is 5.32 Å². The molecule has 0 bridgehead atoms. The van der Waals surface area contributed by atoms with Crippen LogP contribution in [0.5, 0.6) is 0 Å². The van der Waals surface area contributed by atoms with Gasteiger partial charge < -0.3 is 5.32 Å². The lowest BCUT2D eigenvalue weighted by Crippen LogP contribution is -2.45. The molecule has 2 aliphatic rings. The largest absolute Gasteiger partial charge is 0.314 e. The van der Waals surface area contributed by atoms with E-state index >= 15 is 0 Å². The van der Waals surface area contributed by atoms with E-state index in [0.29, 0.717) is 6.04 Å². The van der Waals surface area contributed by atoms with Crippen LogP contribution in [0.4, 0.5) is 0 Å². The maximum absolute atomic E-state index is 3.72. The number of piperazine rings is 1. The molecule has 0 aromatic heterocycles. The second-order valence-corrected chi connectivity index (χ2v) is 5.94. The third-order valence-electron chi connectivity index (χ3n) is 3.84. The fraction of sp³-hybridized carbons (Fsp3) is 0.571. The molecule has 0 unspecified atom stereocenters. The quantitative estimate of drug-likeness (QED) is 0.922. The summed E-state index contributed by atoms with van der Waals surface area (Å²) in [5, 5.41) is 3.44. The zero-order valence-electron chi connectivity index (χ0n) is 10.0. The molecule has 2 nitrogen and oxygen atoms in total. The molecule has 1 aromatic rings. The molecule has 1 saturated carbocycles. The van der Waals surface area contributed by atoms with Crippen molar-refractivity contribution in [3.8, 4) is 0 Å². The predicted molar refractivity (Wildman–Crippen MR) is 74.0 cm³/mol. The second kappa shape index (κ2) is 5.09. The maximum Gasteiger partial charge on any atom is 0.0388 e. The highest BCUT2D eigenvalue weighted by molar-refractivity contribution is 9.10. The highest BCUT2D eigenvalue weighted by Gasteiger charge is 2.37. The molecule has 92 valence electrons. The third-order valence-corrected chi connectivity index (χ3v) is 4.56. The number of rotatable bonds is 3. The van der Waals surface area contributed by atoms with E-state index in [1.165, 1.54) is 36.0 Å². The van der Waals surface area contributed by atoms with Crippen molar-refractivity contribution in [3.63, 3.8) is 0 Å². The highest BCUT2D eigenvalue weighted by Crippen LogP contribution is 2.46. The van der Waals surface area contributed by atoms with Crippen molar-refractivity contribution in [2.75, 3.05) is 26.2 Å². The van der Waals surface area contributed by atoms with Crippen LogP contribution in [-0.4, -0.2) is 31.1 Å². The van der Waals surface area contributed by atoms with Crippen LogP contribution in [0.15, 0.2) is 28.7 Å². The predicted octanol–water partition coefficient (Wildman–Crippen LogP) is 2.81. The SMILES string of the molecule is Brc1ccccc1[C@H](C1CC1)N1CCNCC1. The van der Waals surface area contributed by atoms with Crippen molar-refractivity contribution in [1.82, 2.24) is 10.2 Å². The minimum absolute atomic E-state index is 0.632. The van der Waals surface area contributed by atoms with E-state index < -0.39 is 0 Å². The molecule has 1 heterocycles. The van der Waals surface area contributed by atoms with Crippen molar-refractivity contribution in [2.45, 2.75) is 18.9 Å². The average molecular weight is 295 g/mol. The molecule has 1 aliphatic carbocycles. The fourth-order valence-corrected chi connectivity index (χ4v) is 3.36. The second-order valence-electron chi connectivity index (χ2n) is 5.09. The molecule has 1 atom stereocenters. The van der Waals surface area contributed by atoms with Gasteiger partial charge in [0.15, 0.2) is 0 Å². The zero-order chi connectivity index (χ0) is 11.7. The summed E-state index contributed by atoms with van der Waals surface area (Å²) < 4.78 is 1.27. The minimum atomic E-state index is 0.632. The van der Waals surface area contributed by atoms with Gasteiger partial charge in [-0.1, -0.05) is 34.1 Å². The lowest BCUT2D eigenvalue weighted by molar-refractivity contribution is 0.155. The van der Waals surface area contributed by atoms with E-state index in [9.17, 15) is 0 Å². The van der Waals surface area contributed by atoms with E-state index in [2.05, 4.69) is 50.4 Å². The summed E-state index contributed by atoms with van der Waals surface area (Å²) in [5.74, 6) is 0.881. The molecule has 3 heteroatoms. The Labute approximate surface area is 112 Å². The lowest BCUT2D eigenvalue weighted by Gasteiger charge is -2.36. The van der Waals surface area contributed by atoms with Crippen LogP contribution >= 0.6 is 15.9 Å². The number of nitrogens with one attached hydrogen (secondary N) is 1. The van der Waals surface area contributed by atoms with Gasteiger partial charge in [0.25, 0.3) is 0 Å². The van der Waals surface area contributed by atoms with Crippen LogP contribution in [0, 0.1) is 5.92 Å². The number of hydrogen-bond donors (Lipinski definition) is 1. The molecule has 1 N–H and O–H groups in total. The summed E-state index contributed by atoms with van der Waals surface area (Å²) in [4.78, 5) is 2.66. The van der Waals surface area contributed by atoms with E-state index in [1.54, 1.807) is 0 Å². The van der Waals surface area contributed by atoms with Gasteiger partial charge in [-0.05, 0) is 30.4 Å². The first-order valence-corrected chi connectivity index (χ1v) is 7.35. The molecule has 1 aliphatic heterocycles. The van der Waals surface area contributed by atoms with E-state index in [-0.39, 0.29) is 0 Å². The van der Waals surface area contributed by atoms with Crippen LogP contribution in [0.25, 0.3) is 0 Å². The van der Waals surface area contributed by atoms with Gasteiger partial charge in [-0.2, -0.15) is 0 Å². The smallest absolute Gasteiger partial charge is 0.0388 e. The van der Waals surface area contributed by atoms with E-state index in [1.807, 2.05) is 0 Å². The normalized spacial score (nSPS) is 23.6. The Hall–Kier alpha value is -0.380. The van der Waals surface area contributed by atoms with Crippen molar-refractivity contribution in [2.24, 2.45) is 5.92 Å². The highest BCUT2D eigenvalue weighted by atomic mass is 79.9. The molecule has 2 fully saturated rings.